The lowest BCUT2D eigenvalue weighted by atomic mass is 10.1. The molecule has 1 fully saturated rings. The molecule has 0 N–H and O–H groups in total. The van der Waals surface area contributed by atoms with Crippen LogP contribution in [-0.4, -0.2) is 33.4 Å². The Hall–Kier alpha value is -1.97. The number of hydrogen-bond acceptors (Lipinski definition) is 3. The second kappa shape index (κ2) is 6.03. The lowest BCUT2D eigenvalue weighted by Gasteiger charge is -2.27. The maximum atomic E-state index is 12.8. The first kappa shape index (κ1) is 14.9. The molecule has 0 atom stereocenters. The minimum absolute atomic E-state index is 0.122. The quantitative estimate of drug-likeness (QED) is 0.868. The summed E-state index contributed by atoms with van der Waals surface area (Å²) in [6.07, 6.45) is 4.72. The molecule has 1 amide bonds. The van der Waals surface area contributed by atoms with E-state index >= 15 is 0 Å². The molecule has 4 nitrogen and oxygen atoms in total. The van der Waals surface area contributed by atoms with Crippen LogP contribution in [0.4, 0.5) is 0 Å². The smallest absolute Gasteiger partial charge is 0.254 e. The summed E-state index contributed by atoms with van der Waals surface area (Å²) in [6.45, 7) is 6.73. The highest BCUT2D eigenvalue weighted by Crippen LogP contribution is 2.25. The van der Waals surface area contributed by atoms with Gasteiger partial charge in [0.05, 0.1) is 22.4 Å². The van der Waals surface area contributed by atoms with Gasteiger partial charge in [-0.3, -0.25) is 4.79 Å². The molecule has 0 radical (unpaired) electrons. The summed E-state index contributed by atoms with van der Waals surface area (Å²) in [6, 6.07) is 6.07. The van der Waals surface area contributed by atoms with Crippen molar-refractivity contribution < 1.29 is 4.79 Å². The van der Waals surface area contributed by atoms with Gasteiger partial charge in [-0.15, -0.1) is 0 Å². The molecule has 0 aliphatic heterocycles. The van der Waals surface area contributed by atoms with Crippen molar-refractivity contribution in [2.75, 3.05) is 6.54 Å². The van der Waals surface area contributed by atoms with E-state index in [0.717, 1.165) is 47.4 Å². The van der Waals surface area contributed by atoms with Gasteiger partial charge in [0.25, 0.3) is 5.91 Å². The largest absolute Gasteiger partial charge is 0.336 e. The summed E-state index contributed by atoms with van der Waals surface area (Å²) in [5, 5.41) is 0. The molecular weight excluding hydrogens is 274 g/mol. The fraction of sp³-hybridized carbons (Fsp3) is 0.500. The van der Waals surface area contributed by atoms with Crippen LogP contribution in [0.15, 0.2) is 18.2 Å². The van der Waals surface area contributed by atoms with Gasteiger partial charge < -0.3 is 4.90 Å². The lowest BCUT2D eigenvalue weighted by molar-refractivity contribution is 0.0693. The Kier molecular flexibility index (Phi) is 4.10. The van der Waals surface area contributed by atoms with Crippen LogP contribution in [0.5, 0.6) is 0 Å². The zero-order valence-electron chi connectivity index (χ0n) is 13.6. The standard InChI is InChI=1S/C18H23N3O/c1-4-21(15-7-5-6-8-15)18(22)14-9-10-16-17(11-14)20-13(3)12(2)19-16/h9-11,15H,4-8H2,1-3H3. The number of nitrogens with zero attached hydrogens (tertiary/aromatic N) is 3. The highest BCUT2D eigenvalue weighted by atomic mass is 16.2. The molecule has 22 heavy (non-hydrogen) atoms. The van der Waals surface area contributed by atoms with Gasteiger partial charge in [-0.25, -0.2) is 9.97 Å². The predicted molar refractivity (Wildman–Crippen MR) is 88.0 cm³/mol. The fourth-order valence-corrected chi connectivity index (χ4v) is 3.31. The number of aryl methyl sites for hydroxylation is 2. The summed E-state index contributed by atoms with van der Waals surface area (Å²) >= 11 is 0. The van der Waals surface area contributed by atoms with E-state index < -0.39 is 0 Å². The van der Waals surface area contributed by atoms with Crippen molar-refractivity contribution in [2.24, 2.45) is 0 Å². The highest BCUT2D eigenvalue weighted by Gasteiger charge is 2.26. The summed E-state index contributed by atoms with van der Waals surface area (Å²) in [5.41, 5.74) is 4.23. The van der Waals surface area contributed by atoms with Crippen LogP contribution in [-0.2, 0) is 0 Å². The molecule has 0 bridgehead atoms. The van der Waals surface area contributed by atoms with Gasteiger partial charge in [0.1, 0.15) is 0 Å². The number of carbonyl (C=O) groups is 1. The molecule has 1 aliphatic carbocycles. The van der Waals surface area contributed by atoms with Crippen LogP contribution in [0, 0.1) is 13.8 Å². The van der Waals surface area contributed by atoms with Crippen LogP contribution < -0.4 is 0 Å². The van der Waals surface area contributed by atoms with Crippen molar-refractivity contribution >= 4 is 16.9 Å². The molecule has 0 spiro atoms. The third-order valence-corrected chi connectivity index (χ3v) is 4.69. The second-order valence-corrected chi connectivity index (χ2v) is 6.13. The molecule has 3 rings (SSSR count). The molecular formula is C18H23N3O. The molecule has 0 saturated heterocycles. The van der Waals surface area contributed by atoms with Crippen LogP contribution in [0.2, 0.25) is 0 Å². The van der Waals surface area contributed by atoms with E-state index in [1.807, 2.05) is 36.9 Å². The average Bonchev–Trinajstić information content (AvgIpc) is 3.03. The molecule has 1 aromatic carbocycles. The van der Waals surface area contributed by atoms with Gasteiger partial charge in [-0.2, -0.15) is 0 Å². The highest BCUT2D eigenvalue weighted by molar-refractivity contribution is 5.97. The minimum Gasteiger partial charge on any atom is -0.336 e. The number of fused-ring (bicyclic) bond motifs is 1. The van der Waals surface area contributed by atoms with Crippen LogP contribution in [0.1, 0.15) is 54.4 Å². The first-order valence-electron chi connectivity index (χ1n) is 8.16. The van der Waals surface area contributed by atoms with Crippen molar-refractivity contribution in [3.8, 4) is 0 Å². The van der Waals surface area contributed by atoms with E-state index in [0.29, 0.717) is 6.04 Å². The lowest BCUT2D eigenvalue weighted by Crippen LogP contribution is -2.38. The Morgan fingerprint density at radius 3 is 2.41 bits per heavy atom. The van der Waals surface area contributed by atoms with E-state index in [-0.39, 0.29) is 5.91 Å². The van der Waals surface area contributed by atoms with E-state index in [2.05, 4.69) is 16.9 Å². The average molecular weight is 297 g/mol. The third kappa shape index (κ3) is 2.70. The van der Waals surface area contributed by atoms with Gasteiger partial charge in [0, 0.05) is 18.2 Å². The number of carbonyl (C=O) groups excluding carboxylic acids is 1. The Morgan fingerprint density at radius 2 is 1.77 bits per heavy atom. The molecule has 116 valence electrons. The van der Waals surface area contributed by atoms with Gasteiger partial charge in [-0.05, 0) is 51.8 Å². The molecule has 1 heterocycles. The summed E-state index contributed by atoms with van der Waals surface area (Å²) in [5.74, 6) is 0.122. The molecule has 1 aromatic heterocycles. The van der Waals surface area contributed by atoms with Crippen LogP contribution in [0.25, 0.3) is 11.0 Å². The van der Waals surface area contributed by atoms with E-state index in [1.54, 1.807) is 0 Å². The van der Waals surface area contributed by atoms with Gasteiger partial charge in [0.2, 0.25) is 0 Å². The maximum Gasteiger partial charge on any atom is 0.254 e. The van der Waals surface area contributed by atoms with E-state index in [9.17, 15) is 4.79 Å². The van der Waals surface area contributed by atoms with Crippen molar-refractivity contribution in [2.45, 2.75) is 52.5 Å². The van der Waals surface area contributed by atoms with Crippen molar-refractivity contribution in [3.05, 3.63) is 35.2 Å². The predicted octanol–water partition coefficient (Wildman–Crippen LogP) is 3.65. The van der Waals surface area contributed by atoms with Crippen molar-refractivity contribution in [1.82, 2.24) is 14.9 Å². The zero-order chi connectivity index (χ0) is 15.7. The molecule has 2 aromatic rings. The topological polar surface area (TPSA) is 46.1 Å². The van der Waals surface area contributed by atoms with Crippen LogP contribution >= 0.6 is 0 Å². The van der Waals surface area contributed by atoms with E-state index in [1.165, 1.54) is 12.8 Å². The number of benzene rings is 1. The Balaban J connectivity index is 1.94. The van der Waals surface area contributed by atoms with Gasteiger partial charge in [0.15, 0.2) is 0 Å². The fourth-order valence-electron chi connectivity index (χ4n) is 3.31. The third-order valence-electron chi connectivity index (χ3n) is 4.69. The first-order chi connectivity index (χ1) is 10.6. The second-order valence-electron chi connectivity index (χ2n) is 6.13. The SMILES string of the molecule is CCN(C(=O)c1ccc2nc(C)c(C)nc2c1)C1CCCC1. The van der Waals surface area contributed by atoms with Gasteiger partial charge >= 0.3 is 0 Å². The molecule has 0 unspecified atom stereocenters. The minimum atomic E-state index is 0.122. The summed E-state index contributed by atoms with van der Waals surface area (Å²) in [7, 11) is 0. The first-order valence-corrected chi connectivity index (χ1v) is 8.16. The van der Waals surface area contributed by atoms with Gasteiger partial charge in [-0.1, -0.05) is 12.8 Å². The Morgan fingerprint density at radius 1 is 1.14 bits per heavy atom. The van der Waals surface area contributed by atoms with Crippen molar-refractivity contribution in [3.63, 3.8) is 0 Å². The maximum absolute atomic E-state index is 12.8. The Labute approximate surface area is 131 Å². The van der Waals surface area contributed by atoms with Crippen molar-refractivity contribution in [1.29, 1.82) is 0 Å². The molecule has 4 heteroatoms. The monoisotopic (exact) mass is 297 g/mol. The summed E-state index contributed by atoms with van der Waals surface area (Å²) in [4.78, 5) is 24.0. The normalized spacial score (nSPS) is 15.4. The number of aromatic nitrogens is 2. The number of hydrogen-bond donors (Lipinski definition) is 0. The Bertz CT molecular complexity index is 705. The summed E-state index contributed by atoms with van der Waals surface area (Å²) < 4.78 is 0. The number of rotatable bonds is 3. The molecule has 1 saturated carbocycles. The zero-order valence-corrected chi connectivity index (χ0v) is 13.6. The van der Waals surface area contributed by atoms with Crippen LogP contribution in [0.3, 0.4) is 0 Å². The number of amides is 1. The van der Waals surface area contributed by atoms with E-state index in [4.69, 9.17) is 0 Å². The molecule has 1 aliphatic rings.